The van der Waals surface area contributed by atoms with Crippen molar-refractivity contribution in [3.05, 3.63) is 33.3 Å². The van der Waals surface area contributed by atoms with Crippen molar-refractivity contribution in [2.45, 2.75) is 20.3 Å². The Morgan fingerprint density at radius 1 is 1.47 bits per heavy atom. The minimum atomic E-state index is -0.306. The Labute approximate surface area is 126 Å². The topological polar surface area (TPSA) is 37.4 Å². The summed E-state index contributed by atoms with van der Waals surface area (Å²) in [6, 6.07) is 5.15. The van der Waals surface area contributed by atoms with Crippen LogP contribution in [0, 0.1) is 11.8 Å². The third-order valence-electron chi connectivity index (χ3n) is 3.52. The van der Waals surface area contributed by atoms with Gasteiger partial charge < -0.3 is 0 Å². The molecule has 1 aliphatic rings. The van der Waals surface area contributed by atoms with Crippen LogP contribution in [-0.2, 0) is 4.79 Å². The van der Waals surface area contributed by atoms with Gasteiger partial charge in [-0.25, -0.2) is 0 Å². The molecule has 1 saturated heterocycles. The molecular weight excluding hydrogens is 330 g/mol. The molecule has 19 heavy (non-hydrogen) atoms. The molecule has 1 unspecified atom stereocenters. The first kappa shape index (κ1) is 14.5. The summed E-state index contributed by atoms with van der Waals surface area (Å²) in [5.74, 6) is 0.210. The molecule has 102 valence electrons. The zero-order chi connectivity index (χ0) is 14.2. The molecule has 1 atom stereocenters. The number of halogens is 2. The minimum absolute atomic E-state index is 0.111. The molecule has 0 aromatic heterocycles. The SMILES string of the molecule is CC(C)C1CC(=O)N(C(=O)c2cccc(Br)c2Cl)C1. The summed E-state index contributed by atoms with van der Waals surface area (Å²) < 4.78 is 0.659. The highest BCUT2D eigenvalue weighted by atomic mass is 79.9. The molecule has 0 bridgehead atoms. The van der Waals surface area contributed by atoms with Crippen LogP contribution < -0.4 is 0 Å². The summed E-state index contributed by atoms with van der Waals surface area (Å²) in [4.78, 5) is 25.7. The van der Waals surface area contributed by atoms with Gasteiger partial charge in [0.1, 0.15) is 0 Å². The standard InChI is InChI=1S/C14H15BrClNO2/c1-8(2)9-6-12(18)17(7-9)14(19)10-4-3-5-11(15)13(10)16/h3-5,8-9H,6-7H2,1-2H3. The highest BCUT2D eigenvalue weighted by Gasteiger charge is 2.36. The molecule has 0 radical (unpaired) electrons. The smallest absolute Gasteiger partial charge is 0.262 e. The number of imide groups is 1. The zero-order valence-electron chi connectivity index (χ0n) is 10.8. The van der Waals surface area contributed by atoms with Gasteiger partial charge in [-0.1, -0.05) is 31.5 Å². The molecule has 2 rings (SSSR count). The van der Waals surface area contributed by atoms with E-state index in [1.807, 2.05) is 0 Å². The number of likely N-dealkylation sites (tertiary alicyclic amines) is 1. The van der Waals surface area contributed by atoms with Gasteiger partial charge in [-0.3, -0.25) is 14.5 Å². The molecule has 3 nitrogen and oxygen atoms in total. The van der Waals surface area contributed by atoms with Gasteiger partial charge >= 0.3 is 0 Å². The number of hydrogen-bond donors (Lipinski definition) is 0. The van der Waals surface area contributed by atoms with Crippen molar-refractivity contribution in [3.8, 4) is 0 Å². The Balaban J connectivity index is 2.25. The van der Waals surface area contributed by atoms with Crippen molar-refractivity contribution in [2.24, 2.45) is 11.8 Å². The largest absolute Gasteiger partial charge is 0.278 e. The lowest BCUT2D eigenvalue weighted by molar-refractivity contribution is -0.125. The summed E-state index contributed by atoms with van der Waals surface area (Å²) in [6.45, 7) is 4.62. The van der Waals surface area contributed by atoms with Crippen LogP contribution in [0.2, 0.25) is 5.02 Å². The number of benzene rings is 1. The second-order valence-electron chi connectivity index (χ2n) is 5.12. The molecule has 0 spiro atoms. The molecule has 1 aliphatic heterocycles. The quantitative estimate of drug-likeness (QED) is 0.766. The van der Waals surface area contributed by atoms with Crippen molar-refractivity contribution in [1.82, 2.24) is 4.90 Å². The fraction of sp³-hybridized carbons (Fsp3) is 0.429. The Kier molecular flexibility index (Phi) is 4.31. The van der Waals surface area contributed by atoms with Crippen LogP contribution in [0.4, 0.5) is 0 Å². The van der Waals surface area contributed by atoms with E-state index in [1.165, 1.54) is 4.90 Å². The molecule has 2 amide bonds. The van der Waals surface area contributed by atoms with Gasteiger partial charge in [0.25, 0.3) is 5.91 Å². The lowest BCUT2D eigenvalue weighted by Crippen LogP contribution is -2.33. The van der Waals surface area contributed by atoms with Gasteiger partial charge in [0.05, 0.1) is 10.6 Å². The van der Waals surface area contributed by atoms with E-state index in [4.69, 9.17) is 11.6 Å². The second-order valence-corrected chi connectivity index (χ2v) is 6.35. The van der Waals surface area contributed by atoms with Crippen LogP contribution in [0.5, 0.6) is 0 Å². The first-order valence-corrected chi connectivity index (χ1v) is 7.37. The molecule has 0 aliphatic carbocycles. The van der Waals surface area contributed by atoms with Gasteiger partial charge in [-0.05, 0) is 39.9 Å². The molecule has 5 heteroatoms. The second kappa shape index (κ2) is 5.63. The molecule has 0 N–H and O–H groups in total. The van der Waals surface area contributed by atoms with E-state index < -0.39 is 0 Å². The van der Waals surface area contributed by atoms with Gasteiger partial charge in [0, 0.05) is 17.4 Å². The van der Waals surface area contributed by atoms with E-state index >= 15 is 0 Å². The Morgan fingerprint density at radius 2 is 2.16 bits per heavy atom. The highest BCUT2D eigenvalue weighted by molar-refractivity contribution is 9.10. The Morgan fingerprint density at radius 3 is 2.74 bits per heavy atom. The summed E-state index contributed by atoms with van der Waals surface area (Å²) in [6.07, 6.45) is 0.440. The first-order chi connectivity index (χ1) is 8.91. The van der Waals surface area contributed by atoms with E-state index in [0.29, 0.717) is 33.9 Å². The summed E-state index contributed by atoms with van der Waals surface area (Å²) in [5, 5.41) is 0.355. The van der Waals surface area contributed by atoms with Crippen LogP contribution in [0.1, 0.15) is 30.6 Å². The van der Waals surface area contributed by atoms with Crippen LogP contribution in [0.25, 0.3) is 0 Å². The summed E-state index contributed by atoms with van der Waals surface area (Å²) >= 11 is 9.39. The van der Waals surface area contributed by atoms with Gasteiger partial charge in [-0.2, -0.15) is 0 Å². The predicted molar refractivity (Wildman–Crippen MR) is 78.1 cm³/mol. The lowest BCUT2D eigenvalue weighted by Gasteiger charge is -2.17. The molecular formula is C14H15BrClNO2. The maximum atomic E-state index is 12.4. The molecule has 0 saturated carbocycles. The predicted octanol–water partition coefficient (Wildman–Crippen LogP) is 3.75. The third kappa shape index (κ3) is 2.84. The van der Waals surface area contributed by atoms with E-state index in [9.17, 15) is 9.59 Å². The van der Waals surface area contributed by atoms with E-state index in [-0.39, 0.29) is 17.7 Å². The number of rotatable bonds is 2. The Bertz CT molecular complexity index is 530. The number of hydrogen-bond acceptors (Lipinski definition) is 2. The average molecular weight is 345 g/mol. The van der Waals surface area contributed by atoms with Crippen LogP contribution in [0.15, 0.2) is 22.7 Å². The molecule has 1 fully saturated rings. The van der Waals surface area contributed by atoms with Crippen LogP contribution in [-0.4, -0.2) is 23.3 Å². The molecule has 1 aromatic rings. The zero-order valence-corrected chi connectivity index (χ0v) is 13.2. The number of amides is 2. The van der Waals surface area contributed by atoms with Gasteiger partial charge in [0.2, 0.25) is 5.91 Å². The highest BCUT2D eigenvalue weighted by Crippen LogP contribution is 2.30. The van der Waals surface area contributed by atoms with E-state index in [2.05, 4.69) is 29.8 Å². The van der Waals surface area contributed by atoms with Crippen molar-refractivity contribution in [1.29, 1.82) is 0 Å². The van der Waals surface area contributed by atoms with Crippen molar-refractivity contribution < 1.29 is 9.59 Å². The maximum absolute atomic E-state index is 12.4. The van der Waals surface area contributed by atoms with Crippen molar-refractivity contribution >= 4 is 39.3 Å². The number of carbonyl (C=O) groups excluding carboxylic acids is 2. The lowest BCUT2D eigenvalue weighted by atomic mass is 9.95. The fourth-order valence-electron chi connectivity index (χ4n) is 2.19. The van der Waals surface area contributed by atoms with Crippen LogP contribution in [0.3, 0.4) is 0 Å². The number of carbonyl (C=O) groups is 2. The maximum Gasteiger partial charge on any atom is 0.262 e. The van der Waals surface area contributed by atoms with Gasteiger partial charge in [0.15, 0.2) is 0 Å². The number of nitrogens with zero attached hydrogens (tertiary/aromatic N) is 1. The summed E-state index contributed by atoms with van der Waals surface area (Å²) in [7, 11) is 0. The first-order valence-electron chi connectivity index (χ1n) is 6.20. The van der Waals surface area contributed by atoms with Crippen LogP contribution >= 0.6 is 27.5 Å². The van der Waals surface area contributed by atoms with Crippen molar-refractivity contribution in [2.75, 3.05) is 6.54 Å². The normalized spacial score (nSPS) is 19.3. The van der Waals surface area contributed by atoms with Gasteiger partial charge in [-0.15, -0.1) is 0 Å². The van der Waals surface area contributed by atoms with E-state index in [0.717, 1.165) is 0 Å². The Hall–Kier alpha value is -0.870. The average Bonchev–Trinajstić information content (AvgIpc) is 2.74. The monoisotopic (exact) mass is 343 g/mol. The molecule has 1 heterocycles. The van der Waals surface area contributed by atoms with E-state index in [1.54, 1.807) is 18.2 Å². The summed E-state index contributed by atoms with van der Waals surface area (Å²) in [5.41, 5.74) is 0.369. The van der Waals surface area contributed by atoms with Crippen molar-refractivity contribution in [3.63, 3.8) is 0 Å². The molecule has 1 aromatic carbocycles. The third-order valence-corrected chi connectivity index (χ3v) is 4.82. The fourth-order valence-corrected chi connectivity index (χ4v) is 2.77. The minimum Gasteiger partial charge on any atom is -0.278 e.